The van der Waals surface area contributed by atoms with Crippen molar-refractivity contribution in [1.29, 1.82) is 0 Å². The van der Waals surface area contributed by atoms with E-state index in [0.717, 1.165) is 0 Å². The lowest BCUT2D eigenvalue weighted by atomic mass is 10.1. The van der Waals surface area contributed by atoms with Crippen molar-refractivity contribution < 1.29 is 0 Å². The maximum atomic E-state index is 3.25. The van der Waals surface area contributed by atoms with Crippen LogP contribution in [0.1, 0.15) is 58.3 Å². The minimum atomic E-state index is 1.20. The Balaban J connectivity index is 1.69. The molecule has 0 bridgehead atoms. The van der Waals surface area contributed by atoms with Crippen molar-refractivity contribution in [2.75, 3.05) is 0 Å². The Kier molecular flexibility index (Phi) is 4.33. The number of unbranched alkanes of at least 4 members (excludes halogenated alkanes) is 5. The highest BCUT2D eigenvalue weighted by Crippen LogP contribution is 2.23. The van der Waals surface area contributed by atoms with Crippen LogP contribution >= 0.6 is 0 Å². The molecule has 1 aliphatic rings. The highest BCUT2D eigenvalue weighted by Gasteiger charge is 2.05. The molecule has 0 atom stereocenters. The molecule has 0 aliphatic heterocycles. The minimum absolute atomic E-state index is 1.20. The van der Waals surface area contributed by atoms with E-state index in [0.29, 0.717) is 0 Å². The van der Waals surface area contributed by atoms with E-state index >= 15 is 0 Å². The molecule has 1 rings (SSSR count). The lowest BCUT2D eigenvalue weighted by Crippen LogP contribution is -1.77. The number of rotatable bonds is 7. The van der Waals surface area contributed by atoms with E-state index < -0.39 is 0 Å². The van der Waals surface area contributed by atoms with E-state index in [1.807, 2.05) is 0 Å². The van der Waals surface area contributed by atoms with Gasteiger partial charge in [-0.3, -0.25) is 0 Å². The van der Waals surface area contributed by atoms with E-state index in [-0.39, 0.29) is 0 Å². The summed E-state index contributed by atoms with van der Waals surface area (Å²) in [7, 11) is 0. The summed E-state index contributed by atoms with van der Waals surface area (Å²) < 4.78 is 0. The van der Waals surface area contributed by atoms with Gasteiger partial charge in [-0.1, -0.05) is 44.6 Å². The van der Waals surface area contributed by atoms with Gasteiger partial charge in [0.15, 0.2) is 0 Å². The fraction of sp³-hybridized carbons (Fsp3) is 0.818. The quantitative estimate of drug-likeness (QED) is 0.484. The van der Waals surface area contributed by atoms with Crippen LogP contribution in [0, 0.1) is 6.08 Å². The SMILES string of the molecule is CCCCCCCCC1=[C]C1. The first-order chi connectivity index (χ1) is 5.43. The summed E-state index contributed by atoms with van der Waals surface area (Å²) in [5.41, 5.74) is 1.58. The van der Waals surface area contributed by atoms with Gasteiger partial charge in [0.1, 0.15) is 0 Å². The summed E-state index contributed by atoms with van der Waals surface area (Å²) in [6, 6.07) is 0. The second-order valence-electron chi connectivity index (χ2n) is 3.47. The summed E-state index contributed by atoms with van der Waals surface area (Å²) in [5, 5.41) is 0. The van der Waals surface area contributed by atoms with E-state index in [2.05, 4.69) is 13.0 Å². The first kappa shape index (κ1) is 8.83. The van der Waals surface area contributed by atoms with Crippen molar-refractivity contribution in [3.63, 3.8) is 0 Å². The Labute approximate surface area is 70.7 Å². The summed E-state index contributed by atoms with van der Waals surface area (Å²) >= 11 is 0. The smallest absolute Gasteiger partial charge is 0.00586 e. The maximum absolute atomic E-state index is 3.25. The minimum Gasteiger partial charge on any atom is -0.0654 e. The molecule has 0 saturated heterocycles. The molecule has 0 nitrogen and oxygen atoms in total. The molecule has 11 heavy (non-hydrogen) atoms. The molecular weight excluding hydrogens is 132 g/mol. The van der Waals surface area contributed by atoms with Crippen LogP contribution in [-0.4, -0.2) is 0 Å². The third-order valence-corrected chi connectivity index (χ3v) is 2.26. The van der Waals surface area contributed by atoms with Gasteiger partial charge in [-0.2, -0.15) is 0 Å². The van der Waals surface area contributed by atoms with Gasteiger partial charge in [0.2, 0.25) is 0 Å². The van der Waals surface area contributed by atoms with Crippen LogP contribution in [0.15, 0.2) is 5.57 Å². The Hall–Kier alpha value is -0.260. The predicted molar refractivity (Wildman–Crippen MR) is 49.4 cm³/mol. The standard InChI is InChI=1S/C11H19/c1-2-3-4-5-6-7-8-11-9-10-11/h2-9H2,1H3. The zero-order valence-electron chi connectivity index (χ0n) is 7.66. The van der Waals surface area contributed by atoms with Crippen molar-refractivity contribution in [2.45, 2.75) is 58.3 Å². The monoisotopic (exact) mass is 151 g/mol. The number of hydrogen-bond donors (Lipinski definition) is 0. The van der Waals surface area contributed by atoms with Crippen molar-refractivity contribution in [2.24, 2.45) is 0 Å². The maximum Gasteiger partial charge on any atom is -0.00586 e. The van der Waals surface area contributed by atoms with Gasteiger partial charge in [-0.15, -0.1) is 0 Å². The number of hydrogen-bond acceptors (Lipinski definition) is 0. The van der Waals surface area contributed by atoms with Gasteiger partial charge in [-0.25, -0.2) is 0 Å². The highest BCUT2D eigenvalue weighted by molar-refractivity contribution is 5.14. The zero-order chi connectivity index (χ0) is 7.94. The fourth-order valence-corrected chi connectivity index (χ4v) is 1.36. The van der Waals surface area contributed by atoms with Gasteiger partial charge in [0.05, 0.1) is 0 Å². The third-order valence-electron chi connectivity index (χ3n) is 2.26. The molecule has 1 radical (unpaired) electrons. The van der Waals surface area contributed by atoms with Crippen molar-refractivity contribution in [1.82, 2.24) is 0 Å². The summed E-state index contributed by atoms with van der Waals surface area (Å²) in [6.45, 7) is 2.27. The molecule has 0 fully saturated rings. The molecule has 0 aromatic heterocycles. The van der Waals surface area contributed by atoms with Gasteiger partial charge in [0, 0.05) is 0 Å². The van der Waals surface area contributed by atoms with E-state index in [1.165, 1.54) is 51.4 Å². The highest BCUT2D eigenvalue weighted by atomic mass is 14.1. The Morgan fingerprint density at radius 3 is 2.36 bits per heavy atom. The fourth-order valence-electron chi connectivity index (χ4n) is 1.36. The largest absolute Gasteiger partial charge is 0.0654 e. The molecule has 0 amide bonds. The molecule has 0 heteroatoms. The third kappa shape index (κ3) is 5.06. The Bertz CT molecular complexity index is 122. The molecule has 0 saturated carbocycles. The molecule has 0 N–H and O–H groups in total. The normalized spacial score (nSPS) is 14.8. The Morgan fingerprint density at radius 2 is 1.73 bits per heavy atom. The van der Waals surface area contributed by atoms with Crippen LogP contribution in [-0.2, 0) is 0 Å². The number of allylic oxidation sites excluding steroid dienone is 2. The topological polar surface area (TPSA) is 0 Å². The molecule has 63 valence electrons. The van der Waals surface area contributed by atoms with Crippen LogP contribution in [0.2, 0.25) is 0 Å². The lowest BCUT2D eigenvalue weighted by Gasteiger charge is -1.97. The Morgan fingerprint density at radius 1 is 1.09 bits per heavy atom. The van der Waals surface area contributed by atoms with Crippen molar-refractivity contribution in [3.8, 4) is 0 Å². The average molecular weight is 151 g/mol. The summed E-state index contributed by atoms with van der Waals surface area (Å²) in [4.78, 5) is 0. The van der Waals surface area contributed by atoms with Crippen LogP contribution < -0.4 is 0 Å². The van der Waals surface area contributed by atoms with E-state index in [1.54, 1.807) is 5.57 Å². The molecule has 0 aromatic carbocycles. The molecule has 0 unspecified atom stereocenters. The molecule has 0 spiro atoms. The molecule has 1 aliphatic carbocycles. The van der Waals surface area contributed by atoms with Crippen LogP contribution in [0.3, 0.4) is 0 Å². The van der Waals surface area contributed by atoms with E-state index in [4.69, 9.17) is 0 Å². The lowest BCUT2D eigenvalue weighted by molar-refractivity contribution is 0.608. The van der Waals surface area contributed by atoms with Gasteiger partial charge < -0.3 is 0 Å². The first-order valence-electron chi connectivity index (χ1n) is 5.02. The van der Waals surface area contributed by atoms with Crippen LogP contribution in [0.4, 0.5) is 0 Å². The first-order valence-corrected chi connectivity index (χ1v) is 5.02. The molecular formula is C11H19. The van der Waals surface area contributed by atoms with Gasteiger partial charge >= 0.3 is 0 Å². The van der Waals surface area contributed by atoms with Gasteiger partial charge in [0.25, 0.3) is 0 Å². The van der Waals surface area contributed by atoms with Crippen LogP contribution in [0.5, 0.6) is 0 Å². The summed E-state index contributed by atoms with van der Waals surface area (Å²) in [5.74, 6) is 0. The van der Waals surface area contributed by atoms with Crippen LogP contribution in [0.25, 0.3) is 0 Å². The summed E-state index contributed by atoms with van der Waals surface area (Å²) in [6.07, 6.45) is 14.3. The zero-order valence-corrected chi connectivity index (χ0v) is 7.66. The van der Waals surface area contributed by atoms with E-state index in [9.17, 15) is 0 Å². The average Bonchev–Trinajstić information content (AvgIpc) is 2.80. The molecule has 0 heterocycles. The molecule has 0 aromatic rings. The second-order valence-corrected chi connectivity index (χ2v) is 3.47. The van der Waals surface area contributed by atoms with Crippen molar-refractivity contribution >= 4 is 0 Å². The van der Waals surface area contributed by atoms with Crippen molar-refractivity contribution in [3.05, 3.63) is 11.6 Å². The van der Waals surface area contributed by atoms with Gasteiger partial charge in [-0.05, 0) is 25.3 Å². The predicted octanol–water partition coefficient (Wildman–Crippen LogP) is 3.87. The second kappa shape index (κ2) is 5.40.